The summed E-state index contributed by atoms with van der Waals surface area (Å²) in [5.41, 5.74) is 8.19. The molecule has 1 aliphatic carbocycles. The molecule has 1 aliphatic rings. The van der Waals surface area contributed by atoms with Gasteiger partial charge >= 0.3 is 0 Å². The van der Waals surface area contributed by atoms with Gasteiger partial charge in [-0.05, 0) is 37.8 Å². The lowest BCUT2D eigenvalue weighted by Gasteiger charge is -2.12. The zero-order valence-electron chi connectivity index (χ0n) is 15.0. The molecule has 1 heterocycles. The third-order valence-corrected chi connectivity index (χ3v) is 5.31. The highest BCUT2D eigenvalue weighted by atomic mass is 32.2. The highest BCUT2D eigenvalue weighted by molar-refractivity contribution is 7.99. The van der Waals surface area contributed by atoms with Gasteiger partial charge in [-0.1, -0.05) is 30.0 Å². The number of carbonyl (C=O) groups is 2. The van der Waals surface area contributed by atoms with Crippen LogP contribution in [0.1, 0.15) is 42.1 Å². The fraction of sp³-hybridized carbons (Fsp3) is 0.444. The molecule has 1 aromatic carbocycles. The number of hydrogen-bond acceptors (Lipinski definition) is 5. The van der Waals surface area contributed by atoms with Gasteiger partial charge in [0.15, 0.2) is 5.16 Å². The van der Waals surface area contributed by atoms with Gasteiger partial charge in [0.05, 0.1) is 5.75 Å². The lowest BCUT2D eigenvalue weighted by molar-refractivity contribution is -0.118. The van der Waals surface area contributed by atoms with Crippen LogP contribution in [-0.4, -0.2) is 32.3 Å². The molecular formula is C18H23N5O2S. The molecule has 0 spiro atoms. The van der Waals surface area contributed by atoms with Crippen LogP contribution in [-0.2, 0) is 16.1 Å². The third-order valence-electron chi connectivity index (χ3n) is 4.35. The van der Waals surface area contributed by atoms with E-state index in [1.165, 1.54) is 11.8 Å². The number of hydrogen-bond donors (Lipinski definition) is 2. The highest BCUT2D eigenvalue weighted by Crippen LogP contribution is 2.40. The Morgan fingerprint density at radius 1 is 1.27 bits per heavy atom. The van der Waals surface area contributed by atoms with Gasteiger partial charge in [-0.3, -0.25) is 9.59 Å². The minimum absolute atomic E-state index is 0.0928. The van der Waals surface area contributed by atoms with E-state index in [1.807, 2.05) is 36.6 Å². The second kappa shape index (κ2) is 7.90. The van der Waals surface area contributed by atoms with E-state index >= 15 is 0 Å². The Bertz CT molecular complexity index is 809. The van der Waals surface area contributed by atoms with Crippen LogP contribution < -0.4 is 11.1 Å². The number of aryl methyl sites for hydroxylation is 2. The van der Waals surface area contributed by atoms with E-state index in [9.17, 15) is 9.59 Å². The molecule has 1 saturated carbocycles. The Kier molecular flexibility index (Phi) is 5.61. The van der Waals surface area contributed by atoms with Crippen molar-refractivity contribution in [2.45, 2.75) is 50.7 Å². The maximum absolute atomic E-state index is 12.4. The molecule has 8 heteroatoms. The number of nitrogens with one attached hydrogen (secondary N) is 1. The van der Waals surface area contributed by atoms with E-state index in [1.54, 1.807) is 0 Å². The van der Waals surface area contributed by atoms with Gasteiger partial charge in [0.2, 0.25) is 11.8 Å². The molecule has 138 valence electrons. The molecule has 1 fully saturated rings. The normalized spacial score (nSPS) is 13.6. The molecule has 1 aromatic heterocycles. The molecule has 0 bridgehead atoms. The fourth-order valence-corrected chi connectivity index (χ4v) is 3.57. The predicted octanol–water partition coefficient (Wildman–Crippen LogP) is 2.38. The van der Waals surface area contributed by atoms with Crippen molar-refractivity contribution in [3.8, 4) is 0 Å². The molecule has 3 N–H and O–H groups in total. The van der Waals surface area contributed by atoms with Crippen molar-refractivity contribution in [3.05, 3.63) is 35.2 Å². The lowest BCUT2D eigenvalue weighted by atomic mass is 10.1. The van der Waals surface area contributed by atoms with Crippen LogP contribution in [0, 0.1) is 13.8 Å². The van der Waals surface area contributed by atoms with Gasteiger partial charge in [-0.2, -0.15) is 0 Å². The molecule has 0 radical (unpaired) electrons. The average molecular weight is 373 g/mol. The summed E-state index contributed by atoms with van der Waals surface area (Å²) in [4.78, 5) is 23.5. The highest BCUT2D eigenvalue weighted by Gasteiger charge is 2.30. The zero-order chi connectivity index (χ0) is 18.7. The van der Waals surface area contributed by atoms with E-state index < -0.39 is 0 Å². The minimum Gasteiger partial charge on any atom is -0.370 e. The Hall–Kier alpha value is -2.35. The smallest absolute Gasteiger partial charge is 0.234 e. The first kappa shape index (κ1) is 18.4. The van der Waals surface area contributed by atoms with Gasteiger partial charge in [-0.15, -0.1) is 10.2 Å². The van der Waals surface area contributed by atoms with Crippen LogP contribution in [0.3, 0.4) is 0 Å². The molecular weight excluding hydrogens is 350 g/mol. The number of aromatic nitrogens is 3. The summed E-state index contributed by atoms with van der Waals surface area (Å²) >= 11 is 1.33. The molecule has 7 nitrogen and oxygen atoms in total. The topological polar surface area (TPSA) is 103 Å². The molecule has 2 amide bonds. The monoisotopic (exact) mass is 373 g/mol. The molecule has 3 rings (SSSR count). The van der Waals surface area contributed by atoms with Crippen molar-refractivity contribution < 1.29 is 9.59 Å². The van der Waals surface area contributed by atoms with E-state index in [-0.39, 0.29) is 24.0 Å². The summed E-state index contributed by atoms with van der Waals surface area (Å²) in [5.74, 6) is 1.08. The summed E-state index contributed by atoms with van der Waals surface area (Å²) < 4.78 is 1.93. The van der Waals surface area contributed by atoms with Gasteiger partial charge in [0.25, 0.3) is 0 Å². The summed E-state index contributed by atoms with van der Waals surface area (Å²) in [7, 11) is 0. The Balaban J connectivity index is 1.65. The Morgan fingerprint density at radius 2 is 1.96 bits per heavy atom. The Morgan fingerprint density at radius 3 is 2.58 bits per heavy atom. The van der Waals surface area contributed by atoms with Crippen LogP contribution in [0.15, 0.2) is 23.4 Å². The van der Waals surface area contributed by atoms with Crippen molar-refractivity contribution in [3.63, 3.8) is 0 Å². The van der Waals surface area contributed by atoms with Crippen LogP contribution in [0.4, 0.5) is 5.69 Å². The number of anilines is 1. The molecule has 0 saturated heterocycles. The second-order valence-corrected chi connectivity index (χ2v) is 7.53. The first-order chi connectivity index (χ1) is 12.5. The quantitative estimate of drug-likeness (QED) is 0.692. The van der Waals surface area contributed by atoms with Crippen molar-refractivity contribution in [1.82, 2.24) is 14.8 Å². The van der Waals surface area contributed by atoms with E-state index in [0.717, 1.165) is 35.5 Å². The largest absolute Gasteiger partial charge is 0.370 e. The summed E-state index contributed by atoms with van der Waals surface area (Å²) in [5, 5.41) is 12.1. The van der Waals surface area contributed by atoms with Crippen LogP contribution in [0.5, 0.6) is 0 Å². The average Bonchev–Trinajstić information content (AvgIpc) is 3.35. The molecule has 26 heavy (non-hydrogen) atoms. The maximum Gasteiger partial charge on any atom is 0.234 e. The number of thioether (sulfide) groups is 1. The SMILES string of the molecule is Cc1cccc(C)c1NC(=O)CSc1nnc(C2CC2)n1CCC(N)=O. The number of amides is 2. The number of benzene rings is 1. The van der Waals surface area contributed by atoms with Crippen LogP contribution >= 0.6 is 11.8 Å². The van der Waals surface area contributed by atoms with Crippen molar-refractivity contribution >= 4 is 29.3 Å². The Labute approximate surface area is 156 Å². The van der Waals surface area contributed by atoms with Gasteiger partial charge in [-0.25, -0.2) is 0 Å². The molecule has 0 atom stereocenters. The number of primary amides is 1. The van der Waals surface area contributed by atoms with Crippen LogP contribution in [0.25, 0.3) is 0 Å². The number of para-hydroxylation sites is 1. The second-order valence-electron chi connectivity index (χ2n) is 6.59. The standard InChI is InChI=1S/C18H23N5O2S/c1-11-4-3-5-12(2)16(11)20-15(25)10-26-18-22-21-17(13-6-7-13)23(18)9-8-14(19)24/h3-5,13H,6-10H2,1-2H3,(H2,19,24)(H,20,25). The molecule has 0 unspecified atom stereocenters. The van der Waals surface area contributed by atoms with Crippen molar-refractivity contribution in [2.75, 3.05) is 11.1 Å². The predicted molar refractivity (Wildman–Crippen MR) is 101 cm³/mol. The van der Waals surface area contributed by atoms with E-state index in [2.05, 4.69) is 15.5 Å². The number of nitrogens with zero attached hydrogens (tertiary/aromatic N) is 3. The first-order valence-electron chi connectivity index (χ1n) is 8.66. The van der Waals surface area contributed by atoms with Crippen LogP contribution in [0.2, 0.25) is 0 Å². The summed E-state index contributed by atoms with van der Waals surface area (Å²) in [6, 6.07) is 5.91. The van der Waals surface area contributed by atoms with Crippen molar-refractivity contribution in [1.29, 1.82) is 0 Å². The molecule has 2 aromatic rings. The summed E-state index contributed by atoms with van der Waals surface area (Å²) in [6.45, 7) is 4.39. The summed E-state index contributed by atoms with van der Waals surface area (Å²) in [6.07, 6.45) is 2.42. The first-order valence-corrected chi connectivity index (χ1v) is 9.64. The van der Waals surface area contributed by atoms with Gasteiger partial charge < -0.3 is 15.6 Å². The lowest BCUT2D eigenvalue weighted by Crippen LogP contribution is -2.17. The van der Waals surface area contributed by atoms with E-state index in [0.29, 0.717) is 17.6 Å². The fourth-order valence-electron chi connectivity index (χ4n) is 2.80. The molecule has 0 aliphatic heterocycles. The third kappa shape index (κ3) is 4.43. The number of nitrogens with two attached hydrogens (primary N) is 1. The van der Waals surface area contributed by atoms with E-state index in [4.69, 9.17) is 5.73 Å². The number of carbonyl (C=O) groups excluding carboxylic acids is 2. The van der Waals surface area contributed by atoms with Gasteiger partial charge in [0.1, 0.15) is 5.82 Å². The maximum atomic E-state index is 12.4. The zero-order valence-corrected chi connectivity index (χ0v) is 15.8. The number of rotatable bonds is 8. The van der Waals surface area contributed by atoms with Gasteiger partial charge in [0, 0.05) is 24.6 Å². The van der Waals surface area contributed by atoms with Crippen molar-refractivity contribution in [2.24, 2.45) is 5.73 Å². The minimum atomic E-state index is -0.357.